The minimum atomic E-state index is -0.363. The maximum atomic E-state index is 11.7. The quantitative estimate of drug-likeness (QED) is 0.739. The monoisotopic (exact) mass is 233 g/mol. The van der Waals surface area contributed by atoms with E-state index in [0.29, 0.717) is 0 Å². The number of carbonyl (C=O) groups excluding carboxylic acids is 1. The molecule has 0 radical (unpaired) electrons. The van der Waals surface area contributed by atoms with E-state index in [4.69, 9.17) is 0 Å². The summed E-state index contributed by atoms with van der Waals surface area (Å²) in [4.78, 5) is 37.6. The predicted octanol–water partition coefficient (Wildman–Crippen LogP) is 0.185. The van der Waals surface area contributed by atoms with Crippen LogP contribution in [0.15, 0.2) is 23.8 Å². The van der Waals surface area contributed by atoms with Gasteiger partial charge in [0.25, 0.3) is 5.56 Å². The highest BCUT2D eigenvalue weighted by Gasteiger charge is 2.14. The van der Waals surface area contributed by atoms with Crippen molar-refractivity contribution in [3.05, 3.63) is 29.3 Å². The van der Waals surface area contributed by atoms with E-state index in [1.54, 1.807) is 6.08 Å². The van der Waals surface area contributed by atoms with Crippen LogP contribution in [0, 0.1) is 0 Å². The Hall–Kier alpha value is -2.44. The molecule has 17 heavy (non-hydrogen) atoms. The lowest BCUT2D eigenvalue weighted by molar-refractivity contribution is -0.116. The molecule has 7 heteroatoms. The van der Waals surface area contributed by atoms with Gasteiger partial charge in [0.1, 0.15) is 0 Å². The van der Waals surface area contributed by atoms with Crippen LogP contribution in [0.5, 0.6) is 0 Å². The average Bonchev–Trinajstić information content (AvgIpc) is 2.73. The molecule has 88 valence electrons. The summed E-state index contributed by atoms with van der Waals surface area (Å²) >= 11 is 0. The molecule has 0 unspecified atom stereocenters. The van der Waals surface area contributed by atoms with Crippen molar-refractivity contribution < 1.29 is 4.79 Å². The topological polar surface area (TPSA) is 94.7 Å². The summed E-state index contributed by atoms with van der Waals surface area (Å²) in [6.07, 6.45) is 2.93. The lowest BCUT2D eigenvalue weighted by Crippen LogP contribution is -2.32. The van der Waals surface area contributed by atoms with Gasteiger partial charge in [-0.2, -0.15) is 4.98 Å². The summed E-state index contributed by atoms with van der Waals surface area (Å²) in [5, 5.41) is 0. The van der Waals surface area contributed by atoms with Crippen LogP contribution in [0.3, 0.4) is 0 Å². The molecule has 2 heterocycles. The standard InChI is InChI=1S/C10H11N5O2/c1-3-4-15(6(2)16)10-13-8-7(9(17)14-10)11-5-12-8/h3,5H,1,4H2,2H3,(H2,11,12,13,14,17). The van der Waals surface area contributed by atoms with Crippen LogP contribution >= 0.6 is 0 Å². The number of carbonyl (C=O) groups is 1. The molecule has 0 spiro atoms. The Morgan fingerprint density at radius 1 is 1.65 bits per heavy atom. The maximum absolute atomic E-state index is 11.7. The SMILES string of the molecule is C=CCN(C(C)=O)c1nc2nc[nH]c2c(=O)[nH]1. The van der Waals surface area contributed by atoms with E-state index in [-0.39, 0.29) is 35.1 Å². The fraction of sp³-hybridized carbons (Fsp3) is 0.200. The molecule has 0 atom stereocenters. The van der Waals surface area contributed by atoms with Gasteiger partial charge in [-0.1, -0.05) is 6.08 Å². The summed E-state index contributed by atoms with van der Waals surface area (Å²) in [6, 6.07) is 0. The number of aromatic amines is 2. The smallest absolute Gasteiger partial charge is 0.278 e. The van der Waals surface area contributed by atoms with E-state index in [2.05, 4.69) is 26.5 Å². The number of imidazole rings is 1. The zero-order valence-electron chi connectivity index (χ0n) is 9.23. The van der Waals surface area contributed by atoms with E-state index in [0.717, 1.165) is 0 Å². The van der Waals surface area contributed by atoms with Gasteiger partial charge in [0.05, 0.1) is 6.33 Å². The Morgan fingerprint density at radius 2 is 2.41 bits per heavy atom. The number of aromatic nitrogens is 4. The van der Waals surface area contributed by atoms with Gasteiger partial charge in [0.15, 0.2) is 11.2 Å². The van der Waals surface area contributed by atoms with Crippen LogP contribution in [0.25, 0.3) is 11.2 Å². The van der Waals surface area contributed by atoms with Gasteiger partial charge < -0.3 is 4.98 Å². The average molecular weight is 233 g/mol. The molecule has 2 aromatic rings. The van der Waals surface area contributed by atoms with Gasteiger partial charge in [-0.15, -0.1) is 6.58 Å². The van der Waals surface area contributed by atoms with Crippen molar-refractivity contribution in [2.45, 2.75) is 6.92 Å². The first-order chi connectivity index (χ1) is 8.13. The van der Waals surface area contributed by atoms with Gasteiger partial charge in [0, 0.05) is 13.5 Å². The van der Waals surface area contributed by atoms with E-state index in [1.165, 1.54) is 18.2 Å². The Labute approximate surface area is 96.2 Å². The molecule has 0 aliphatic heterocycles. The molecule has 2 aromatic heterocycles. The van der Waals surface area contributed by atoms with Crippen molar-refractivity contribution in [2.75, 3.05) is 11.4 Å². The summed E-state index contributed by atoms with van der Waals surface area (Å²) in [7, 11) is 0. The van der Waals surface area contributed by atoms with E-state index < -0.39 is 0 Å². The molecule has 7 nitrogen and oxygen atoms in total. The molecular weight excluding hydrogens is 222 g/mol. The molecule has 2 rings (SSSR count). The third kappa shape index (κ3) is 1.94. The molecule has 0 aromatic carbocycles. The number of amides is 1. The molecule has 2 N–H and O–H groups in total. The van der Waals surface area contributed by atoms with Gasteiger partial charge in [-0.25, -0.2) is 4.98 Å². The first-order valence-electron chi connectivity index (χ1n) is 4.96. The Bertz CT molecular complexity index is 627. The molecular formula is C10H11N5O2. The van der Waals surface area contributed by atoms with Crippen LogP contribution in [0.4, 0.5) is 5.95 Å². The van der Waals surface area contributed by atoms with Gasteiger partial charge in [-0.05, 0) is 0 Å². The molecule has 1 amide bonds. The van der Waals surface area contributed by atoms with Gasteiger partial charge >= 0.3 is 0 Å². The Balaban J connectivity index is 2.57. The zero-order valence-corrected chi connectivity index (χ0v) is 9.23. The zero-order chi connectivity index (χ0) is 12.4. The normalized spacial score (nSPS) is 10.4. The third-order valence-corrected chi connectivity index (χ3v) is 2.23. The molecule has 0 saturated heterocycles. The predicted molar refractivity (Wildman–Crippen MR) is 62.7 cm³/mol. The number of nitrogens with one attached hydrogen (secondary N) is 2. The molecule has 0 aliphatic rings. The number of anilines is 1. The van der Waals surface area contributed by atoms with E-state index in [1.807, 2.05) is 0 Å². The van der Waals surface area contributed by atoms with Gasteiger partial charge in [0.2, 0.25) is 11.9 Å². The molecule has 0 fully saturated rings. The largest absolute Gasteiger partial charge is 0.339 e. The van der Waals surface area contributed by atoms with Crippen molar-refractivity contribution in [1.82, 2.24) is 19.9 Å². The summed E-state index contributed by atoms with van der Waals surface area (Å²) < 4.78 is 0. The highest BCUT2D eigenvalue weighted by atomic mass is 16.2. The van der Waals surface area contributed by atoms with Crippen molar-refractivity contribution in [1.29, 1.82) is 0 Å². The lowest BCUT2D eigenvalue weighted by atomic mass is 10.4. The van der Waals surface area contributed by atoms with Crippen LogP contribution in [0.2, 0.25) is 0 Å². The van der Waals surface area contributed by atoms with Crippen molar-refractivity contribution >= 4 is 23.0 Å². The number of H-pyrrole nitrogens is 2. The Morgan fingerprint density at radius 3 is 3.06 bits per heavy atom. The van der Waals surface area contributed by atoms with E-state index >= 15 is 0 Å². The first kappa shape index (κ1) is 11.1. The highest BCUT2D eigenvalue weighted by molar-refractivity contribution is 5.90. The number of nitrogens with zero attached hydrogens (tertiary/aromatic N) is 3. The number of hydrogen-bond donors (Lipinski definition) is 2. The Kier molecular flexibility index (Phi) is 2.73. The van der Waals surface area contributed by atoms with Crippen molar-refractivity contribution in [2.24, 2.45) is 0 Å². The van der Waals surface area contributed by atoms with Crippen LogP contribution in [-0.4, -0.2) is 32.4 Å². The fourth-order valence-corrected chi connectivity index (χ4v) is 1.45. The highest BCUT2D eigenvalue weighted by Crippen LogP contribution is 2.08. The third-order valence-electron chi connectivity index (χ3n) is 2.23. The fourth-order valence-electron chi connectivity index (χ4n) is 1.45. The van der Waals surface area contributed by atoms with Crippen molar-refractivity contribution in [3.63, 3.8) is 0 Å². The van der Waals surface area contributed by atoms with Crippen LogP contribution in [0.1, 0.15) is 6.92 Å². The second-order valence-electron chi connectivity index (χ2n) is 3.41. The minimum absolute atomic E-state index is 0.169. The molecule has 0 aliphatic carbocycles. The minimum Gasteiger partial charge on any atom is -0.339 e. The first-order valence-corrected chi connectivity index (χ1v) is 4.96. The number of fused-ring (bicyclic) bond motifs is 1. The van der Waals surface area contributed by atoms with Gasteiger partial charge in [-0.3, -0.25) is 19.5 Å². The lowest BCUT2D eigenvalue weighted by Gasteiger charge is -2.16. The number of rotatable bonds is 3. The molecule has 0 bridgehead atoms. The molecule has 0 saturated carbocycles. The summed E-state index contributed by atoms with van der Waals surface area (Å²) in [6.45, 7) is 5.21. The maximum Gasteiger partial charge on any atom is 0.278 e. The van der Waals surface area contributed by atoms with Crippen LogP contribution < -0.4 is 10.5 Å². The second-order valence-corrected chi connectivity index (χ2v) is 3.41. The summed E-state index contributed by atoms with van der Waals surface area (Å²) in [5.41, 5.74) is 0.202. The number of hydrogen-bond acceptors (Lipinski definition) is 4. The second kappa shape index (κ2) is 4.20. The summed E-state index contributed by atoms with van der Waals surface area (Å²) in [5.74, 6) is -0.0649. The van der Waals surface area contributed by atoms with Crippen molar-refractivity contribution in [3.8, 4) is 0 Å². The van der Waals surface area contributed by atoms with Crippen LogP contribution in [-0.2, 0) is 4.79 Å². The van der Waals surface area contributed by atoms with E-state index in [9.17, 15) is 9.59 Å².